The Hall–Kier alpha value is -6.19. The first-order chi connectivity index (χ1) is 33.7. The fourth-order valence-corrected chi connectivity index (χ4v) is 11.3. The quantitative estimate of drug-likeness (QED) is 0.0839. The highest BCUT2D eigenvalue weighted by Crippen LogP contribution is 2.44. The van der Waals surface area contributed by atoms with Crippen LogP contribution in [0.2, 0.25) is 0 Å². The molecule has 10 rings (SSSR count). The minimum absolute atomic E-state index is 0.0127. The number of hydrogen-bond donors (Lipinski definition) is 1. The van der Waals surface area contributed by atoms with E-state index < -0.39 is 35.4 Å². The molecule has 368 valence electrons. The zero-order valence-corrected chi connectivity index (χ0v) is 40.6. The van der Waals surface area contributed by atoms with Crippen LogP contribution in [0.3, 0.4) is 0 Å². The maximum atomic E-state index is 16.1. The number of H-pyrrole nitrogens is 1. The number of hydrogen-bond acceptors (Lipinski definition) is 9. The van der Waals surface area contributed by atoms with E-state index in [9.17, 15) is 14.4 Å². The lowest BCUT2D eigenvalue weighted by Crippen LogP contribution is -2.49. The van der Waals surface area contributed by atoms with Crippen LogP contribution >= 0.6 is 0 Å². The number of unbranched alkanes of at least 4 members (excludes halogenated alkanes) is 3. The number of cyclic esters (lactones) is 1. The predicted molar refractivity (Wildman–Crippen MR) is 262 cm³/mol. The number of ether oxygens (including phenoxy) is 3. The molecule has 1 fully saturated rings. The number of nitrogens with zero attached hydrogens (tertiary/aromatic N) is 5. The van der Waals surface area contributed by atoms with Gasteiger partial charge >= 0.3 is 12.1 Å². The molecule has 3 aromatic carbocycles. The molecule has 0 radical (unpaired) electrons. The van der Waals surface area contributed by atoms with E-state index in [0.29, 0.717) is 68.2 Å². The lowest BCUT2D eigenvalue weighted by Gasteiger charge is -2.43. The van der Waals surface area contributed by atoms with Crippen LogP contribution in [0.4, 0.5) is 18.0 Å². The van der Waals surface area contributed by atoms with Crippen LogP contribution in [0.1, 0.15) is 118 Å². The largest absolute Gasteiger partial charge is 0.493 e. The van der Waals surface area contributed by atoms with Crippen LogP contribution < -0.4 is 15.0 Å². The summed E-state index contributed by atoms with van der Waals surface area (Å²) in [6.45, 7) is 13.1. The number of carbonyl (C=O) groups excluding carboxylic acids is 2. The number of alkyl halides is 1. The van der Waals surface area contributed by atoms with Gasteiger partial charge in [-0.15, -0.1) is 0 Å². The summed E-state index contributed by atoms with van der Waals surface area (Å²) in [5, 5.41) is 1.88. The molecule has 1 N–H and O–H groups in total. The zero-order chi connectivity index (χ0) is 49.0. The number of aromatic nitrogens is 3. The SMILES string of the molecule is CCc1c2c(nc3ccc(OC(=O)N4CCN(CCCCCCOc5cc(F)c(C6c7[nH]c8ccccc8c7C[C@@H](C)N6CC(C)(C)F)c(F)c5)CC4)cc13)-c1cc3c(c(=O)n1C2)COC(=O)C3CC. The molecule has 0 bridgehead atoms. The molecule has 70 heavy (non-hydrogen) atoms. The molecule has 6 aromatic rings. The molecule has 0 spiro atoms. The molecule has 0 aliphatic carbocycles. The van der Waals surface area contributed by atoms with Gasteiger partial charge in [0, 0.05) is 84.0 Å². The third kappa shape index (κ3) is 8.95. The van der Waals surface area contributed by atoms with Gasteiger partial charge in [0.2, 0.25) is 0 Å². The number of benzene rings is 3. The number of pyridine rings is 2. The average molecular weight is 959 g/mol. The second kappa shape index (κ2) is 19.2. The van der Waals surface area contributed by atoms with E-state index in [0.717, 1.165) is 95.1 Å². The number of aryl methyl sites for hydroxylation is 1. The third-order valence-corrected chi connectivity index (χ3v) is 14.8. The van der Waals surface area contributed by atoms with Crippen LogP contribution in [0.5, 0.6) is 11.5 Å². The monoisotopic (exact) mass is 958 g/mol. The highest BCUT2D eigenvalue weighted by molar-refractivity contribution is 5.90. The number of amides is 1. The van der Waals surface area contributed by atoms with Crippen molar-refractivity contribution >= 4 is 33.9 Å². The van der Waals surface area contributed by atoms with Crippen molar-refractivity contribution in [3.05, 3.63) is 122 Å². The molecule has 3 atom stereocenters. The molecule has 4 aliphatic heterocycles. The van der Waals surface area contributed by atoms with Crippen molar-refractivity contribution in [2.45, 2.75) is 116 Å². The number of carbonyl (C=O) groups is 2. The number of nitrogens with one attached hydrogen (secondary N) is 1. The summed E-state index contributed by atoms with van der Waals surface area (Å²) in [6.07, 6.45) is 5.00. The van der Waals surface area contributed by atoms with E-state index in [-0.39, 0.29) is 42.0 Å². The zero-order valence-electron chi connectivity index (χ0n) is 40.6. The summed E-state index contributed by atoms with van der Waals surface area (Å²) in [6, 6.07) is 16.8. The molecule has 0 saturated carbocycles. The molecule has 1 amide bonds. The highest BCUT2D eigenvalue weighted by Gasteiger charge is 2.41. The van der Waals surface area contributed by atoms with E-state index in [1.807, 2.05) is 61.2 Å². The molecular formula is C55H61F3N6O6. The molecule has 1 saturated heterocycles. The van der Waals surface area contributed by atoms with Crippen molar-refractivity contribution in [2.75, 3.05) is 45.9 Å². The van der Waals surface area contributed by atoms with Gasteiger partial charge in [0.1, 0.15) is 35.4 Å². The van der Waals surface area contributed by atoms with Crippen LogP contribution in [0, 0.1) is 11.6 Å². The summed E-state index contributed by atoms with van der Waals surface area (Å²) in [5.74, 6) is -1.66. The normalized spacial score (nSPS) is 19.2. The van der Waals surface area contributed by atoms with Gasteiger partial charge in [0.05, 0.1) is 47.6 Å². The fourth-order valence-electron chi connectivity index (χ4n) is 11.3. The number of rotatable bonds is 14. The summed E-state index contributed by atoms with van der Waals surface area (Å²) in [5.41, 5.74) is 6.20. The number of piperazine rings is 1. The van der Waals surface area contributed by atoms with Gasteiger partial charge in [-0.2, -0.15) is 0 Å². The van der Waals surface area contributed by atoms with Gasteiger partial charge in [-0.05, 0) is 106 Å². The summed E-state index contributed by atoms with van der Waals surface area (Å²) in [4.78, 5) is 54.0. The van der Waals surface area contributed by atoms with E-state index in [1.54, 1.807) is 15.5 Å². The van der Waals surface area contributed by atoms with Crippen molar-refractivity contribution in [1.82, 2.24) is 29.2 Å². The Bertz CT molecular complexity index is 3040. The van der Waals surface area contributed by atoms with Gasteiger partial charge in [-0.3, -0.25) is 19.4 Å². The van der Waals surface area contributed by atoms with Crippen LogP contribution in [0.25, 0.3) is 33.2 Å². The Labute approximate surface area is 405 Å². The van der Waals surface area contributed by atoms with Crippen LogP contribution in [-0.4, -0.2) is 98.9 Å². The fraction of sp³-hybridized carbons (Fsp3) is 0.455. The summed E-state index contributed by atoms with van der Waals surface area (Å²) < 4.78 is 66.3. The number of aromatic amines is 1. The Kier molecular flexibility index (Phi) is 13.0. The molecule has 12 nitrogen and oxygen atoms in total. The van der Waals surface area contributed by atoms with Crippen molar-refractivity contribution in [3.63, 3.8) is 0 Å². The molecule has 7 heterocycles. The van der Waals surface area contributed by atoms with Crippen LogP contribution in [0.15, 0.2) is 65.5 Å². The predicted octanol–water partition coefficient (Wildman–Crippen LogP) is 10.1. The van der Waals surface area contributed by atoms with Gasteiger partial charge in [0.15, 0.2) is 0 Å². The maximum Gasteiger partial charge on any atom is 0.415 e. The molecule has 15 heteroatoms. The third-order valence-electron chi connectivity index (χ3n) is 14.8. The minimum atomic E-state index is -1.58. The number of halogens is 3. The smallest absolute Gasteiger partial charge is 0.415 e. The standard InChI is InChI=1S/C55H61F3N6O6/c1-6-35-39-25-33(16-17-46(39)59-49-41(35)29-63-47(49)28-38-36(7-2)53(66)69-30-42(38)52(63)65)70-54(67)62-21-19-61(20-22-62)18-12-8-9-13-23-68-34-26-43(56)48(44(57)27-34)51-50-40(37-14-10-11-15-45(37)60-50)24-32(3)64(51)31-55(4,5)58/h10-11,14-17,25-28,32,36,51,60H,6-9,12-13,18-24,29-31H2,1-5H3/t32-,36?,51?/m1/s1. The van der Waals surface area contributed by atoms with Crippen molar-refractivity contribution in [2.24, 2.45) is 0 Å². The molecule has 4 aliphatic rings. The van der Waals surface area contributed by atoms with E-state index in [1.165, 1.54) is 26.0 Å². The van der Waals surface area contributed by atoms with Crippen molar-refractivity contribution < 1.29 is 37.0 Å². The van der Waals surface area contributed by atoms with Gasteiger partial charge in [-0.1, -0.05) is 44.9 Å². The number of esters is 1. The molecule has 3 aromatic heterocycles. The Balaban J connectivity index is 0.695. The summed E-state index contributed by atoms with van der Waals surface area (Å²) >= 11 is 0. The number of para-hydroxylation sites is 1. The second-order valence-corrected chi connectivity index (χ2v) is 20.0. The average Bonchev–Trinajstić information content (AvgIpc) is 3.89. The van der Waals surface area contributed by atoms with Crippen molar-refractivity contribution in [3.8, 4) is 22.9 Å². The Morgan fingerprint density at radius 2 is 1.66 bits per heavy atom. The number of fused-ring (bicyclic) bond motifs is 8. The highest BCUT2D eigenvalue weighted by atomic mass is 19.1. The molecular weight excluding hydrogens is 898 g/mol. The van der Waals surface area contributed by atoms with Crippen LogP contribution in [-0.2, 0) is 35.5 Å². The van der Waals surface area contributed by atoms with E-state index in [4.69, 9.17) is 19.2 Å². The lowest BCUT2D eigenvalue weighted by atomic mass is 9.87. The first kappa shape index (κ1) is 47.5. The summed E-state index contributed by atoms with van der Waals surface area (Å²) in [7, 11) is 0. The Morgan fingerprint density at radius 1 is 0.900 bits per heavy atom. The van der Waals surface area contributed by atoms with Crippen molar-refractivity contribution in [1.29, 1.82) is 0 Å². The topological polar surface area (TPSA) is 122 Å². The molecule has 2 unspecified atom stereocenters. The minimum Gasteiger partial charge on any atom is -0.493 e. The maximum absolute atomic E-state index is 16.1. The Morgan fingerprint density at radius 3 is 2.40 bits per heavy atom. The first-order valence-electron chi connectivity index (χ1n) is 24.9. The van der Waals surface area contributed by atoms with E-state index >= 15 is 13.2 Å². The van der Waals surface area contributed by atoms with E-state index in [2.05, 4.69) is 16.8 Å². The first-order valence-corrected chi connectivity index (χ1v) is 24.9. The van der Waals surface area contributed by atoms with Gasteiger partial charge in [-0.25, -0.2) is 22.9 Å². The van der Waals surface area contributed by atoms with Gasteiger partial charge in [0.25, 0.3) is 5.56 Å². The lowest BCUT2D eigenvalue weighted by molar-refractivity contribution is -0.148. The second-order valence-electron chi connectivity index (χ2n) is 20.0. The van der Waals surface area contributed by atoms with Gasteiger partial charge < -0.3 is 28.7 Å².